The Balaban J connectivity index is 2.59. The minimum atomic E-state index is -0.443. The molecule has 6 heteroatoms. The number of rotatable bonds is 7. The van der Waals surface area contributed by atoms with Crippen molar-refractivity contribution in [3.05, 3.63) is 33.9 Å². The number of anilines is 1. The first kappa shape index (κ1) is 15.5. The van der Waals surface area contributed by atoms with E-state index in [1.54, 1.807) is 30.8 Å². The minimum Gasteiger partial charge on any atom is -0.325 e. The molecule has 5 nitrogen and oxygen atoms in total. The predicted octanol–water partition coefficient (Wildman–Crippen LogP) is 3.38. The van der Waals surface area contributed by atoms with Crippen LogP contribution in [0.1, 0.15) is 25.3 Å². The van der Waals surface area contributed by atoms with E-state index in [9.17, 15) is 14.9 Å². The highest BCUT2D eigenvalue weighted by atomic mass is 32.2. The summed E-state index contributed by atoms with van der Waals surface area (Å²) in [6, 6.07) is 4.68. The Morgan fingerprint density at radius 3 is 2.84 bits per heavy atom. The molecule has 0 aliphatic carbocycles. The van der Waals surface area contributed by atoms with Gasteiger partial charge in [-0.1, -0.05) is 19.4 Å². The van der Waals surface area contributed by atoms with Gasteiger partial charge in [-0.15, -0.1) is 0 Å². The molecule has 1 rings (SSSR count). The number of nitrogens with zero attached hydrogens (tertiary/aromatic N) is 1. The first-order valence-electron chi connectivity index (χ1n) is 6.17. The molecule has 19 heavy (non-hydrogen) atoms. The average molecular weight is 282 g/mol. The lowest BCUT2D eigenvalue weighted by Crippen LogP contribution is -2.15. The molecule has 1 aromatic carbocycles. The summed E-state index contributed by atoms with van der Waals surface area (Å²) in [7, 11) is 0. The van der Waals surface area contributed by atoms with E-state index in [1.165, 1.54) is 6.07 Å². The van der Waals surface area contributed by atoms with Crippen molar-refractivity contribution in [3.63, 3.8) is 0 Å². The monoisotopic (exact) mass is 282 g/mol. The maximum absolute atomic E-state index is 11.7. The summed E-state index contributed by atoms with van der Waals surface area (Å²) in [6.45, 7) is 3.74. The third-order valence-corrected chi connectivity index (χ3v) is 3.70. The number of carbonyl (C=O) groups is 1. The fourth-order valence-corrected chi connectivity index (χ4v) is 2.45. The molecule has 0 aromatic heterocycles. The van der Waals surface area contributed by atoms with E-state index < -0.39 is 4.92 Å². The van der Waals surface area contributed by atoms with Crippen LogP contribution in [0.2, 0.25) is 0 Å². The lowest BCUT2D eigenvalue weighted by Gasteiger charge is -2.08. The number of carbonyl (C=O) groups excluding carboxylic acids is 1. The third kappa shape index (κ3) is 4.90. The lowest BCUT2D eigenvalue weighted by atomic mass is 10.1. The summed E-state index contributed by atoms with van der Waals surface area (Å²) in [6.07, 6.45) is 2.20. The summed E-state index contributed by atoms with van der Waals surface area (Å²) in [5, 5.41) is 13.5. The second kappa shape index (κ2) is 7.78. The number of unbranched alkanes of at least 4 members (excludes halogenated alkanes) is 1. The van der Waals surface area contributed by atoms with Crippen molar-refractivity contribution >= 4 is 29.0 Å². The summed E-state index contributed by atoms with van der Waals surface area (Å²) in [5.74, 6) is 1.21. The molecule has 1 amide bonds. The van der Waals surface area contributed by atoms with Crippen molar-refractivity contribution in [2.75, 3.05) is 16.8 Å². The predicted molar refractivity (Wildman–Crippen MR) is 78.7 cm³/mol. The van der Waals surface area contributed by atoms with Gasteiger partial charge in [0.2, 0.25) is 5.91 Å². The summed E-state index contributed by atoms with van der Waals surface area (Å²) < 4.78 is 0. The molecule has 1 N–H and O–H groups in total. The number of thioether (sulfide) groups is 1. The Labute approximate surface area is 116 Å². The molecular formula is C13H18N2O3S. The second-order valence-electron chi connectivity index (χ2n) is 4.16. The highest BCUT2D eigenvalue weighted by molar-refractivity contribution is 7.99. The van der Waals surface area contributed by atoms with Gasteiger partial charge in [0.25, 0.3) is 5.69 Å². The number of hydrogen-bond donors (Lipinski definition) is 1. The van der Waals surface area contributed by atoms with Gasteiger partial charge in [0.05, 0.1) is 21.9 Å². The lowest BCUT2D eigenvalue weighted by molar-refractivity contribution is -0.385. The number of amides is 1. The van der Waals surface area contributed by atoms with Gasteiger partial charge in [0.15, 0.2) is 0 Å². The number of nitro groups is 1. The first-order chi connectivity index (χ1) is 9.06. The molecule has 0 spiro atoms. The molecule has 0 saturated heterocycles. The molecule has 0 saturated carbocycles. The van der Waals surface area contributed by atoms with Crippen LogP contribution in [0.25, 0.3) is 0 Å². The van der Waals surface area contributed by atoms with Gasteiger partial charge in [-0.3, -0.25) is 14.9 Å². The smallest absolute Gasteiger partial charge is 0.274 e. The number of nitro benzene ring substituents is 1. The Morgan fingerprint density at radius 1 is 1.47 bits per heavy atom. The van der Waals surface area contributed by atoms with Crippen LogP contribution >= 0.6 is 11.8 Å². The number of hydrogen-bond acceptors (Lipinski definition) is 4. The highest BCUT2D eigenvalue weighted by Crippen LogP contribution is 2.25. The molecule has 0 unspecified atom stereocenters. The molecule has 104 valence electrons. The Morgan fingerprint density at radius 2 is 2.21 bits per heavy atom. The van der Waals surface area contributed by atoms with Crippen LogP contribution in [0.4, 0.5) is 11.4 Å². The van der Waals surface area contributed by atoms with Gasteiger partial charge in [-0.05, 0) is 25.2 Å². The van der Waals surface area contributed by atoms with Gasteiger partial charge < -0.3 is 5.32 Å². The minimum absolute atomic E-state index is 0.0245. The topological polar surface area (TPSA) is 72.2 Å². The molecule has 0 bridgehead atoms. The molecule has 0 heterocycles. The van der Waals surface area contributed by atoms with Crippen LogP contribution in [0.5, 0.6) is 0 Å². The quantitative estimate of drug-likeness (QED) is 0.473. The van der Waals surface area contributed by atoms with Crippen molar-refractivity contribution in [2.45, 2.75) is 26.7 Å². The van der Waals surface area contributed by atoms with Crippen LogP contribution in [0, 0.1) is 17.0 Å². The van der Waals surface area contributed by atoms with Crippen LogP contribution in [-0.2, 0) is 4.79 Å². The van der Waals surface area contributed by atoms with Crippen LogP contribution in [-0.4, -0.2) is 22.3 Å². The zero-order valence-corrected chi connectivity index (χ0v) is 12.0. The van der Waals surface area contributed by atoms with Crippen molar-refractivity contribution < 1.29 is 9.72 Å². The fraction of sp³-hybridized carbons (Fsp3) is 0.462. The first-order valence-corrected chi connectivity index (χ1v) is 7.33. The molecule has 0 aliphatic rings. The average Bonchev–Trinajstić information content (AvgIpc) is 2.37. The molecule has 0 aliphatic heterocycles. The zero-order valence-electron chi connectivity index (χ0n) is 11.1. The van der Waals surface area contributed by atoms with Gasteiger partial charge in [0, 0.05) is 6.07 Å². The maximum atomic E-state index is 11.7. The van der Waals surface area contributed by atoms with Crippen LogP contribution in [0.3, 0.4) is 0 Å². The van der Waals surface area contributed by atoms with Crippen LogP contribution in [0.15, 0.2) is 18.2 Å². The zero-order chi connectivity index (χ0) is 14.3. The van der Waals surface area contributed by atoms with Gasteiger partial charge in [-0.25, -0.2) is 0 Å². The molecule has 0 atom stereocenters. The van der Waals surface area contributed by atoms with Gasteiger partial charge >= 0.3 is 0 Å². The number of benzene rings is 1. The SMILES string of the molecule is CCCCSCC(=O)Nc1cccc([N+](=O)[O-])c1C. The Bertz CT molecular complexity index is 463. The van der Waals surface area contributed by atoms with E-state index in [1.807, 2.05) is 0 Å². The van der Waals surface area contributed by atoms with Crippen molar-refractivity contribution in [1.29, 1.82) is 0 Å². The maximum Gasteiger partial charge on any atom is 0.274 e. The normalized spacial score (nSPS) is 10.2. The third-order valence-electron chi connectivity index (χ3n) is 2.65. The van der Waals surface area contributed by atoms with Crippen molar-refractivity contribution in [3.8, 4) is 0 Å². The Kier molecular flexibility index (Phi) is 6.35. The van der Waals surface area contributed by atoms with E-state index >= 15 is 0 Å². The van der Waals surface area contributed by atoms with Crippen LogP contribution < -0.4 is 5.32 Å². The van der Waals surface area contributed by atoms with Crippen molar-refractivity contribution in [1.82, 2.24) is 0 Å². The van der Waals surface area contributed by atoms with E-state index in [0.29, 0.717) is 17.0 Å². The van der Waals surface area contributed by atoms with E-state index in [0.717, 1.165) is 18.6 Å². The summed E-state index contributed by atoms with van der Waals surface area (Å²) in [4.78, 5) is 22.1. The van der Waals surface area contributed by atoms with Gasteiger partial charge in [0.1, 0.15) is 0 Å². The fourth-order valence-electron chi connectivity index (χ4n) is 1.55. The molecular weight excluding hydrogens is 264 g/mol. The van der Waals surface area contributed by atoms with Gasteiger partial charge in [-0.2, -0.15) is 11.8 Å². The van der Waals surface area contributed by atoms with E-state index in [-0.39, 0.29) is 11.6 Å². The van der Waals surface area contributed by atoms with Crippen molar-refractivity contribution in [2.24, 2.45) is 0 Å². The molecule has 0 fully saturated rings. The number of nitrogens with one attached hydrogen (secondary N) is 1. The standard InChI is InChI=1S/C13H18N2O3S/c1-3-4-8-19-9-13(16)14-11-6-5-7-12(10(11)2)15(17)18/h5-7H,3-4,8-9H2,1-2H3,(H,14,16). The summed E-state index contributed by atoms with van der Waals surface area (Å²) >= 11 is 1.58. The molecule has 0 radical (unpaired) electrons. The highest BCUT2D eigenvalue weighted by Gasteiger charge is 2.14. The Hall–Kier alpha value is -1.56. The summed E-state index contributed by atoms with van der Waals surface area (Å²) in [5.41, 5.74) is 1.02. The van der Waals surface area contributed by atoms with E-state index in [4.69, 9.17) is 0 Å². The van der Waals surface area contributed by atoms with E-state index in [2.05, 4.69) is 12.2 Å². The second-order valence-corrected chi connectivity index (χ2v) is 5.27. The largest absolute Gasteiger partial charge is 0.325 e. The molecule has 1 aromatic rings.